The second-order valence-corrected chi connectivity index (χ2v) is 3.07. The third-order valence-electron chi connectivity index (χ3n) is 1.54. The minimum atomic E-state index is -0.859. The van der Waals surface area contributed by atoms with Gasteiger partial charge in [0.05, 0.1) is 0 Å². The molecule has 1 aromatic carbocycles. The van der Waals surface area contributed by atoms with Crippen LogP contribution in [0.4, 0.5) is 0 Å². The van der Waals surface area contributed by atoms with E-state index in [-0.39, 0.29) is 0 Å². The molecule has 0 aliphatic carbocycles. The van der Waals surface area contributed by atoms with Gasteiger partial charge in [0.15, 0.2) is 0 Å². The number of halogens is 1. The Morgan fingerprint density at radius 3 is 2.67 bits per heavy atom. The van der Waals surface area contributed by atoms with Crippen molar-refractivity contribution < 1.29 is 5.11 Å². The van der Waals surface area contributed by atoms with Crippen LogP contribution in [0, 0.1) is 19.3 Å². The van der Waals surface area contributed by atoms with Crippen molar-refractivity contribution in [3.63, 3.8) is 0 Å². The molecule has 0 heterocycles. The van der Waals surface area contributed by atoms with Gasteiger partial charge >= 0.3 is 0 Å². The van der Waals surface area contributed by atoms with Crippen molar-refractivity contribution in [1.29, 1.82) is 0 Å². The zero-order valence-corrected chi connectivity index (χ0v) is 7.47. The van der Waals surface area contributed by atoms with E-state index in [1.165, 1.54) is 0 Å². The molecule has 0 aromatic heterocycles. The van der Waals surface area contributed by atoms with E-state index in [1.807, 2.05) is 19.1 Å². The van der Waals surface area contributed by atoms with Gasteiger partial charge in [-0.1, -0.05) is 23.6 Å². The summed E-state index contributed by atoms with van der Waals surface area (Å²) in [6.07, 6.45) is 4.20. The molecule has 1 atom stereocenters. The maximum atomic E-state index is 9.28. The van der Waals surface area contributed by atoms with Gasteiger partial charge in [-0.25, -0.2) is 0 Å². The average molecular weight is 181 g/mol. The molecule has 2 heteroatoms. The highest BCUT2D eigenvalue weighted by atomic mass is 35.5. The zero-order valence-electron chi connectivity index (χ0n) is 6.71. The first-order valence-corrected chi connectivity index (χ1v) is 3.92. The Hall–Kier alpha value is -0.970. The van der Waals surface area contributed by atoms with Crippen molar-refractivity contribution in [2.24, 2.45) is 0 Å². The number of terminal acetylenes is 1. The number of benzene rings is 1. The molecule has 62 valence electrons. The minimum absolute atomic E-state index is 0.597. The van der Waals surface area contributed by atoms with Crippen LogP contribution >= 0.6 is 11.6 Å². The summed E-state index contributed by atoms with van der Waals surface area (Å²) in [5, 5.41) is 9.88. The van der Waals surface area contributed by atoms with Crippen molar-refractivity contribution in [2.75, 3.05) is 0 Å². The van der Waals surface area contributed by atoms with Gasteiger partial charge < -0.3 is 5.11 Å². The molecule has 1 unspecified atom stereocenters. The predicted molar refractivity (Wildman–Crippen MR) is 50.0 cm³/mol. The Labute approximate surface area is 77.0 Å². The van der Waals surface area contributed by atoms with Crippen LogP contribution in [0.25, 0.3) is 0 Å². The number of aryl methyl sites for hydroxylation is 1. The van der Waals surface area contributed by atoms with Gasteiger partial charge in [-0.15, -0.1) is 6.42 Å². The molecule has 0 spiro atoms. The summed E-state index contributed by atoms with van der Waals surface area (Å²) in [6.45, 7) is 1.90. The molecule has 0 amide bonds. The van der Waals surface area contributed by atoms with E-state index >= 15 is 0 Å². The van der Waals surface area contributed by atoms with Crippen molar-refractivity contribution in [3.8, 4) is 12.3 Å². The first-order chi connectivity index (χ1) is 5.63. The normalized spacial score (nSPS) is 12.2. The van der Waals surface area contributed by atoms with Crippen molar-refractivity contribution in [2.45, 2.75) is 13.0 Å². The fourth-order valence-corrected chi connectivity index (χ4v) is 1.32. The summed E-state index contributed by atoms with van der Waals surface area (Å²) in [6, 6.07) is 5.30. The Morgan fingerprint density at radius 2 is 2.17 bits per heavy atom. The lowest BCUT2D eigenvalue weighted by Gasteiger charge is -2.05. The molecule has 1 nitrogen and oxygen atoms in total. The second kappa shape index (κ2) is 3.62. The lowest BCUT2D eigenvalue weighted by atomic mass is 10.1. The van der Waals surface area contributed by atoms with Crippen LogP contribution in [-0.2, 0) is 0 Å². The van der Waals surface area contributed by atoms with Crippen LogP contribution in [0.3, 0.4) is 0 Å². The molecule has 0 aliphatic heterocycles. The Bertz CT molecular complexity index is 305. The second-order valence-electron chi connectivity index (χ2n) is 2.63. The highest BCUT2D eigenvalue weighted by Gasteiger charge is 2.04. The smallest absolute Gasteiger partial charge is 0.140 e. The number of aliphatic hydroxyl groups excluding tert-OH is 1. The fourth-order valence-electron chi connectivity index (χ4n) is 1.02. The lowest BCUT2D eigenvalue weighted by molar-refractivity contribution is 0.238. The predicted octanol–water partition coefficient (Wildman–Crippen LogP) is 2.32. The van der Waals surface area contributed by atoms with Crippen LogP contribution < -0.4 is 0 Å². The zero-order chi connectivity index (χ0) is 9.14. The first-order valence-electron chi connectivity index (χ1n) is 3.55. The lowest BCUT2D eigenvalue weighted by Crippen LogP contribution is -1.93. The summed E-state index contributed by atoms with van der Waals surface area (Å²) < 4.78 is 0. The summed E-state index contributed by atoms with van der Waals surface area (Å²) in [5.74, 6) is 2.23. The van der Waals surface area contributed by atoms with Gasteiger partial charge in [0.2, 0.25) is 0 Å². The minimum Gasteiger partial charge on any atom is -0.376 e. The summed E-state index contributed by atoms with van der Waals surface area (Å²) in [4.78, 5) is 0. The maximum Gasteiger partial charge on any atom is 0.140 e. The van der Waals surface area contributed by atoms with Crippen LogP contribution in [0.1, 0.15) is 17.2 Å². The number of hydrogen-bond acceptors (Lipinski definition) is 1. The van der Waals surface area contributed by atoms with E-state index in [1.54, 1.807) is 6.07 Å². The van der Waals surface area contributed by atoms with E-state index < -0.39 is 6.10 Å². The van der Waals surface area contributed by atoms with E-state index in [4.69, 9.17) is 18.0 Å². The largest absolute Gasteiger partial charge is 0.376 e. The molecule has 0 saturated carbocycles. The third kappa shape index (κ3) is 2.01. The summed E-state index contributed by atoms with van der Waals surface area (Å²) >= 11 is 5.77. The van der Waals surface area contributed by atoms with Crippen LogP contribution in [0.15, 0.2) is 18.2 Å². The molecular formula is C10H9ClO. The highest BCUT2D eigenvalue weighted by Crippen LogP contribution is 2.19. The monoisotopic (exact) mass is 180 g/mol. The average Bonchev–Trinajstić information content (AvgIpc) is 2.01. The maximum absolute atomic E-state index is 9.28. The van der Waals surface area contributed by atoms with E-state index in [0.29, 0.717) is 10.6 Å². The van der Waals surface area contributed by atoms with Gasteiger partial charge in [-0.3, -0.25) is 0 Å². The van der Waals surface area contributed by atoms with Gasteiger partial charge in [0.1, 0.15) is 6.10 Å². The van der Waals surface area contributed by atoms with E-state index in [2.05, 4.69) is 5.92 Å². The van der Waals surface area contributed by atoms with Crippen LogP contribution in [0.2, 0.25) is 5.02 Å². The molecule has 1 N–H and O–H groups in total. The van der Waals surface area contributed by atoms with Gasteiger partial charge in [0.25, 0.3) is 0 Å². The van der Waals surface area contributed by atoms with E-state index in [9.17, 15) is 5.11 Å². The van der Waals surface area contributed by atoms with Gasteiger partial charge in [0, 0.05) is 5.02 Å². The van der Waals surface area contributed by atoms with Crippen LogP contribution in [0.5, 0.6) is 0 Å². The van der Waals surface area contributed by atoms with E-state index in [0.717, 1.165) is 5.56 Å². The third-order valence-corrected chi connectivity index (χ3v) is 1.76. The highest BCUT2D eigenvalue weighted by molar-refractivity contribution is 6.30. The number of hydrogen-bond donors (Lipinski definition) is 1. The molecule has 1 aromatic rings. The molecule has 0 fully saturated rings. The SMILES string of the molecule is C#CC(O)c1cc(C)cc(Cl)c1. The topological polar surface area (TPSA) is 20.2 Å². The standard InChI is InChI=1S/C10H9ClO/c1-3-10(12)8-4-7(2)5-9(11)6-8/h1,4-6,10,12H,2H3. The summed E-state index contributed by atoms with van der Waals surface area (Å²) in [7, 11) is 0. The van der Waals surface area contributed by atoms with Crippen molar-refractivity contribution >= 4 is 11.6 Å². The Kier molecular flexibility index (Phi) is 2.75. The van der Waals surface area contributed by atoms with Crippen LogP contribution in [-0.4, -0.2) is 5.11 Å². The molecule has 0 aliphatic rings. The molecule has 0 saturated heterocycles. The first kappa shape index (κ1) is 9.12. The molecule has 0 radical (unpaired) electrons. The number of rotatable bonds is 1. The van der Waals surface area contributed by atoms with Gasteiger partial charge in [-0.2, -0.15) is 0 Å². The fraction of sp³-hybridized carbons (Fsp3) is 0.200. The molecular weight excluding hydrogens is 172 g/mol. The quantitative estimate of drug-likeness (QED) is 0.658. The Morgan fingerprint density at radius 1 is 1.50 bits per heavy atom. The molecule has 12 heavy (non-hydrogen) atoms. The Balaban J connectivity index is 3.10. The molecule has 0 bridgehead atoms. The number of aliphatic hydroxyl groups is 1. The molecule has 1 rings (SSSR count). The summed E-state index contributed by atoms with van der Waals surface area (Å²) in [5.41, 5.74) is 1.66. The van der Waals surface area contributed by atoms with Crippen molar-refractivity contribution in [1.82, 2.24) is 0 Å². The van der Waals surface area contributed by atoms with Gasteiger partial charge in [-0.05, 0) is 30.2 Å². The van der Waals surface area contributed by atoms with Crippen molar-refractivity contribution in [3.05, 3.63) is 34.3 Å².